The molecule has 1 saturated heterocycles. The second-order valence-electron chi connectivity index (χ2n) is 17.7. The van der Waals surface area contributed by atoms with Crippen molar-refractivity contribution in [2.45, 2.75) is 95.7 Å². The van der Waals surface area contributed by atoms with Crippen molar-refractivity contribution in [1.82, 2.24) is 5.32 Å². The fourth-order valence-corrected chi connectivity index (χ4v) is 11.5. The molecule has 344 valence electrons. The number of esters is 4. The predicted molar refractivity (Wildman–Crippen MR) is 235 cm³/mol. The minimum absolute atomic E-state index is 0.0170. The largest absolute Gasteiger partial charge is 0.461 e. The van der Waals surface area contributed by atoms with Crippen LogP contribution in [0.3, 0.4) is 0 Å². The van der Waals surface area contributed by atoms with E-state index in [9.17, 15) is 38.4 Å². The van der Waals surface area contributed by atoms with Crippen molar-refractivity contribution >= 4 is 50.8 Å². The van der Waals surface area contributed by atoms with Crippen molar-refractivity contribution in [2.24, 2.45) is 16.7 Å². The number of carbonyl (C=O) groups is 6. The Morgan fingerprint density at radius 2 is 1.43 bits per heavy atom. The molecule has 0 radical (unpaired) electrons. The van der Waals surface area contributed by atoms with Crippen LogP contribution < -0.4 is 5.32 Å². The summed E-state index contributed by atoms with van der Waals surface area (Å²) in [4.78, 5) is 84.5. The van der Waals surface area contributed by atoms with Gasteiger partial charge in [0.05, 0.1) is 29.5 Å². The van der Waals surface area contributed by atoms with Crippen LogP contribution in [0.5, 0.6) is 0 Å². The summed E-state index contributed by atoms with van der Waals surface area (Å²) in [6.07, 6.45) is -7.80. The molecule has 16 heteroatoms. The van der Waals surface area contributed by atoms with E-state index in [2.05, 4.69) is 11.9 Å². The number of carbonyl (C=O) groups excluding carboxylic acids is 6. The van der Waals surface area contributed by atoms with E-state index in [1.54, 1.807) is 92.7 Å². The highest BCUT2D eigenvalue weighted by molar-refractivity contribution is 7.84. The van der Waals surface area contributed by atoms with Crippen LogP contribution in [0, 0.1) is 16.7 Å². The van der Waals surface area contributed by atoms with Gasteiger partial charge in [0, 0.05) is 31.2 Å². The number of ketones is 1. The average Bonchev–Trinajstić information content (AvgIpc) is 3.26. The molecule has 65 heavy (non-hydrogen) atoms. The maximum Gasteiger partial charge on any atom is 0.338 e. The second kappa shape index (κ2) is 17.5. The molecule has 2 saturated carbocycles. The number of hydrogen-bond donors (Lipinski definition) is 3. The molecule has 1 aliphatic heterocycles. The molecule has 3 aromatic carbocycles. The fraction of sp³-hybridized carbons (Fsp3) is 0.408. The van der Waals surface area contributed by atoms with Crippen molar-refractivity contribution in [3.63, 3.8) is 0 Å². The number of Topliss-reactive ketones (excluding diaryl/α,β-unsaturated/α-hetero) is 1. The van der Waals surface area contributed by atoms with E-state index in [0.29, 0.717) is 5.56 Å². The molecule has 3 aromatic rings. The number of benzene rings is 3. The smallest absolute Gasteiger partial charge is 0.338 e. The lowest BCUT2D eigenvalue weighted by Crippen LogP contribution is -2.82. The number of hydrogen-bond acceptors (Lipinski definition) is 15. The SMILES string of the molecule is C=C1C(=[S-](C)=O)C2OCC2(OC(C)=O)C2C(OC(=O)c3ccccc3)C3(O)CC(OC(=O)C(O)C(NC(=O)c4ccccc4)c4ccccc4)C(C)=C(C(OC(C)=O)C(=O)C12C)C3(C)C. The van der Waals surface area contributed by atoms with E-state index in [1.165, 1.54) is 32.2 Å². The number of aliphatic hydroxyl groups is 2. The molecule has 7 rings (SSSR count). The third kappa shape index (κ3) is 7.79. The van der Waals surface area contributed by atoms with Crippen LogP contribution in [-0.2, 0) is 57.5 Å². The molecule has 1 heterocycles. The van der Waals surface area contributed by atoms with Crippen LogP contribution in [-0.4, -0.2) is 105 Å². The van der Waals surface area contributed by atoms with E-state index in [1.807, 2.05) is 0 Å². The topological polar surface area (TPSA) is 218 Å². The normalized spacial score (nSPS) is 30.9. The molecule has 10 atom stereocenters. The number of nitrogens with one attached hydrogen (secondary N) is 1. The highest BCUT2D eigenvalue weighted by Crippen LogP contribution is 2.65. The highest BCUT2D eigenvalue weighted by atomic mass is 32.2. The molecule has 10 unspecified atom stereocenters. The second-order valence-corrected chi connectivity index (χ2v) is 19.1. The van der Waals surface area contributed by atoms with Crippen LogP contribution in [0.25, 0.3) is 0 Å². The summed E-state index contributed by atoms with van der Waals surface area (Å²) in [7, 11) is -1.90. The first-order valence-electron chi connectivity index (χ1n) is 21.0. The molecule has 15 nitrogen and oxygen atoms in total. The van der Waals surface area contributed by atoms with Gasteiger partial charge in [-0.3, -0.25) is 29.6 Å². The highest BCUT2D eigenvalue weighted by Gasteiger charge is 2.77. The third-order valence-electron chi connectivity index (χ3n) is 13.6. The van der Waals surface area contributed by atoms with Crippen LogP contribution in [0.15, 0.2) is 114 Å². The lowest BCUT2D eigenvalue weighted by molar-refractivity contribution is -0.302. The number of rotatable bonds is 10. The Balaban J connectivity index is 1.43. The molecule has 2 bridgehead atoms. The molecular formula is C49H52NO14S-. The Bertz CT molecular complexity index is 2570. The van der Waals surface area contributed by atoms with Gasteiger partial charge in [-0.1, -0.05) is 92.7 Å². The van der Waals surface area contributed by atoms with Gasteiger partial charge in [0.25, 0.3) is 5.91 Å². The Hall–Kier alpha value is -5.94. The lowest BCUT2D eigenvalue weighted by atomic mass is 9.44. The van der Waals surface area contributed by atoms with Crippen molar-refractivity contribution in [1.29, 1.82) is 0 Å². The first kappa shape index (κ1) is 47.0. The van der Waals surface area contributed by atoms with Crippen molar-refractivity contribution in [3.8, 4) is 0 Å². The molecule has 0 spiro atoms. The summed E-state index contributed by atoms with van der Waals surface area (Å²) >= 11 is 0. The molecule has 3 N–H and O–H groups in total. The minimum atomic E-state index is -2.43. The molecule has 1 amide bonds. The van der Waals surface area contributed by atoms with Gasteiger partial charge in [-0.2, -0.15) is 0 Å². The zero-order chi connectivity index (χ0) is 47.4. The van der Waals surface area contributed by atoms with E-state index in [-0.39, 0.29) is 32.7 Å². The van der Waals surface area contributed by atoms with E-state index >= 15 is 4.79 Å². The summed E-state index contributed by atoms with van der Waals surface area (Å²) in [5.41, 5.74) is -7.40. The third-order valence-corrected chi connectivity index (χ3v) is 14.7. The number of fused-ring (bicyclic) bond motifs is 5. The maximum absolute atomic E-state index is 15.8. The standard InChI is InChI=1S/C49H52NO14S/c1-26-33(62-45(57)36(53)35(30-18-12-9-13-19-30)50-43(55)31-20-14-10-15-21-31)24-49(58)42(63-44(56)32-22-16-11-17-23-32)39-47(7,40(54)37(61-28(3)51)34(26)46(49,5)6)27(2)38(65(8)59)41-48(39,25-60-41)64-29(4)52/h9-23,33,35-37,39,41-42,53,58H,2,24-25H2,1,3-8H3,(H,50,55)/q-1. The van der Waals surface area contributed by atoms with Crippen LogP contribution in [0.4, 0.5) is 0 Å². The number of amides is 1. The van der Waals surface area contributed by atoms with Crippen LogP contribution in [0.1, 0.15) is 80.3 Å². The van der Waals surface area contributed by atoms with Crippen LogP contribution in [0.2, 0.25) is 0 Å². The lowest BCUT2D eigenvalue weighted by Gasteiger charge is -2.68. The van der Waals surface area contributed by atoms with Gasteiger partial charge in [0.1, 0.15) is 23.9 Å². The number of aliphatic hydroxyl groups excluding tert-OH is 1. The Morgan fingerprint density at radius 1 is 0.862 bits per heavy atom. The predicted octanol–water partition coefficient (Wildman–Crippen LogP) is 4.31. The maximum atomic E-state index is 15.8. The van der Waals surface area contributed by atoms with Gasteiger partial charge in [-0.15, -0.1) is 11.1 Å². The molecule has 4 aliphatic rings. The van der Waals surface area contributed by atoms with E-state index in [4.69, 9.17) is 23.7 Å². The minimum Gasteiger partial charge on any atom is -0.461 e. The molecule has 3 fully saturated rings. The van der Waals surface area contributed by atoms with Crippen molar-refractivity contribution in [3.05, 3.63) is 131 Å². The fourth-order valence-electron chi connectivity index (χ4n) is 10.3. The number of ether oxygens (including phenoxy) is 5. The van der Waals surface area contributed by atoms with Crippen LogP contribution >= 0.6 is 0 Å². The van der Waals surface area contributed by atoms with Gasteiger partial charge in [-0.25, -0.2) is 9.59 Å². The summed E-state index contributed by atoms with van der Waals surface area (Å²) in [5.74, 6) is -6.98. The first-order valence-corrected chi connectivity index (χ1v) is 22.6. The molecule has 3 aliphatic carbocycles. The average molecular weight is 911 g/mol. The molecular weight excluding hydrogens is 859 g/mol. The van der Waals surface area contributed by atoms with Crippen molar-refractivity contribution < 1.29 is 66.9 Å². The van der Waals surface area contributed by atoms with E-state index in [0.717, 1.165) is 13.8 Å². The summed E-state index contributed by atoms with van der Waals surface area (Å²) in [6.45, 7) is 12.1. The summed E-state index contributed by atoms with van der Waals surface area (Å²) in [5, 5.41) is 28.4. The molecule has 0 aromatic heterocycles. The van der Waals surface area contributed by atoms with Gasteiger partial charge in [0.15, 0.2) is 23.6 Å². The Labute approximate surface area is 378 Å². The Morgan fingerprint density at radius 3 is 1.95 bits per heavy atom. The zero-order valence-corrected chi connectivity index (χ0v) is 37.8. The van der Waals surface area contributed by atoms with Gasteiger partial charge in [-0.05, 0) is 54.8 Å². The summed E-state index contributed by atoms with van der Waals surface area (Å²) in [6, 6.07) is 22.9. The first-order chi connectivity index (χ1) is 30.6. The van der Waals surface area contributed by atoms with Crippen molar-refractivity contribution in [2.75, 3.05) is 12.9 Å². The van der Waals surface area contributed by atoms with Gasteiger partial charge >= 0.3 is 23.9 Å². The zero-order valence-electron chi connectivity index (χ0n) is 37.0. The van der Waals surface area contributed by atoms with Gasteiger partial charge < -0.3 is 43.4 Å². The van der Waals surface area contributed by atoms with E-state index < -0.39 is 123 Å². The quantitative estimate of drug-likeness (QED) is 0.0646. The van der Waals surface area contributed by atoms with Gasteiger partial charge in [0.2, 0.25) is 0 Å². The monoisotopic (exact) mass is 910 g/mol. The summed E-state index contributed by atoms with van der Waals surface area (Å²) < 4.78 is 44.4. The Kier molecular flexibility index (Phi) is 12.6.